The molecule has 0 spiro atoms. The summed E-state index contributed by atoms with van der Waals surface area (Å²) in [7, 11) is -3.02. The van der Waals surface area contributed by atoms with Crippen molar-refractivity contribution in [2.45, 2.75) is 4.21 Å². The van der Waals surface area contributed by atoms with Crippen LogP contribution in [0.3, 0.4) is 0 Å². The predicted octanol–water partition coefficient (Wildman–Crippen LogP) is 1.79. The van der Waals surface area contributed by atoms with Gasteiger partial charge in [-0.1, -0.05) is 0 Å². The van der Waals surface area contributed by atoms with Crippen LogP contribution in [-0.4, -0.2) is 4.21 Å². The van der Waals surface area contributed by atoms with Crippen LogP contribution >= 0.6 is 27.3 Å². The van der Waals surface area contributed by atoms with Crippen LogP contribution in [0.25, 0.3) is 0 Å². The van der Waals surface area contributed by atoms with Gasteiger partial charge in [-0.2, -0.15) is 0 Å². The molecule has 3 nitrogen and oxygen atoms in total. The maximum Gasteiger partial charge on any atom is 0.142 e. The van der Waals surface area contributed by atoms with E-state index in [2.05, 4.69) is 15.9 Å². The molecule has 1 rings (SSSR count). The summed E-state index contributed by atoms with van der Waals surface area (Å²) in [5.74, 6) is 0. The largest absolute Gasteiger partial charge is 0.240 e. The Morgan fingerprint density at radius 2 is 2.40 bits per heavy atom. The van der Waals surface area contributed by atoms with E-state index in [4.69, 9.17) is 9.92 Å². The van der Waals surface area contributed by atoms with Gasteiger partial charge in [0.2, 0.25) is 0 Å². The fourth-order valence-corrected chi connectivity index (χ4v) is 3.41. The van der Waals surface area contributed by atoms with Gasteiger partial charge in [0.05, 0.1) is 0 Å². The van der Waals surface area contributed by atoms with Gasteiger partial charge >= 0.3 is 0 Å². The molecule has 0 aliphatic carbocycles. The summed E-state index contributed by atoms with van der Waals surface area (Å²) in [5.41, 5.74) is 0. The van der Waals surface area contributed by atoms with Crippen molar-refractivity contribution in [3.05, 3.63) is 15.9 Å². The zero-order valence-corrected chi connectivity index (χ0v) is 8.05. The third-order valence-electron chi connectivity index (χ3n) is 0.860. The van der Waals surface area contributed by atoms with Crippen LogP contribution in [0, 0.1) is 4.78 Å². The molecule has 0 radical (unpaired) electrons. The normalized spacial score (nSPS) is 16.6. The molecule has 1 atom stereocenters. The number of rotatable bonds is 1. The van der Waals surface area contributed by atoms with Crippen LogP contribution in [0.1, 0.15) is 0 Å². The molecule has 0 aliphatic rings. The Morgan fingerprint density at radius 1 is 1.80 bits per heavy atom. The molecule has 0 fully saturated rings. The van der Waals surface area contributed by atoms with E-state index in [9.17, 15) is 4.21 Å². The Kier molecular flexibility index (Phi) is 2.14. The summed E-state index contributed by atoms with van der Waals surface area (Å²) in [6.07, 6.45) is 0. The Hall–Kier alpha value is 0.0900. The first kappa shape index (κ1) is 8.19. The number of thiophene rings is 1. The van der Waals surface area contributed by atoms with Crippen molar-refractivity contribution in [2.75, 3.05) is 0 Å². The molecule has 0 saturated carbocycles. The molecule has 10 heavy (non-hydrogen) atoms. The van der Waals surface area contributed by atoms with Crippen molar-refractivity contribution in [3.8, 4) is 0 Å². The molecular weight excluding hydrogens is 236 g/mol. The molecule has 0 amide bonds. The standard InChI is InChI=1S/C4H5BrN2OS2/c5-3-1-2-9-4(3)10(6,7)8/h1-2H,(H3,6,7,8). The second-order valence-corrected chi connectivity index (χ2v) is 5.30. The minimum atomic E-state index is -3.02. The lowest BCUT2D eigenvalue weighted by Crippen LogP contribution is -2.08. The monoisotopic (exact) mass is 240 g/mol. The van der Waals surface area contributed by atoms with E-state index >= 15 is 0 Å². The zero-order valence-electron chi connectivity index (χ0n) is 4.83. The topological polar surface area (TPSA) is 66.9 Å². The quantitative estimate of drug-likeness (QED) is 0.773. The van der Waals surface area contributed by atoms with E-state index in [1.54, 1.807) is 11.4 Å². The summed E-state index contributed by atoms with van der Waals surface area (Å²) in [6, 6.07) is 1.72. The Labute approximate surface area is 71.5 Å². The second-order valence-electron chi connectivity index (χ2n) is 1.66. The first-order valence-corrected chi connectivity index (χ1v) is 5.61. The van der Waals surface area contributed by atoms with E-state index < -0.39 is 9.92 Å². The van der Waals surface area contributed by atoms with Crippen LogP contribution in [-0.2, 0) is 9.92 Å². The maximum atomic E-state index is 10.9. The number of nitrogens with two attached hydrogens (primary N) is 1. The van der Waals surface area contributed by atoms with E-state index in [1.807, 2.05) is 0 Å². The van der Waals surface area contributed by atoms with Crippen molar-refractivity contribution in [1.82, 2.24) is 0 Å². The Balaban J connectivity index is 3.32. The molecule has 0 aromatic carbocycles. The molecule has 56 valence electrons. The van der Waals surface area contributed by atoms with Gasteiger partial charge in [-0.25, -0.2) is 14.1 Å². The smallest absolute Gasteiger partial charge is 0.142 e. The van der Waals surface area contributed by atoms with Crippen LogP contribution < -0.4 is 5.14 Å². The molecule has 0 aliphatic heterocycles. The first-order chi connectivity index (χ1) is 4.52. The van der Waals surface area contributed by atoms with E-state index in [1.165, 1.54) is 11.3 Å². The third kappa shape index (κ3) is 1.57. The number of nitrogens with one attached hydrogen (secondary N) is 1. The minimum absolute atomic E-state index is 0.396. The average molecular weight is 241 g/mol. The predicted molar refractivity (Wildman–Crippen MR) is 45.3 cm³/mol. The lowest BCUT2D eigenvalue weighted by molar-refractivity contribution is 0.677. The van der Waals surface area contributed by atoms with Crippen LogP contribution in [0.4, 0.5) is 0 Å². The number of halogens is 1. The van der Waals surface area contributed by atoms with Crippen LogP contribution in [0.2, 0.25) is 0 Å². The molecular formula is C4H5BrN2OS2. The highest BCUT2D eigenvalue weighted by Gasteiger charge is 2.08. The highest BCUT2D eigenvalue weighted by molar-refractivity contribution is 9.10. The molecule has 1 aromatic heterocycles. The number of hydrogen-bond acceptors (Lipinski definition) is 3. The van der Waals surface area contributed by atoms with Gasteiger partial charge in [-0.05, 0) is 27.4 Å². The molecule has 1 aromatic rings. The lowest BCUT2D eigenvalue weighted by atomic mass is 10.7. The highest BCUT2D eigenvalue weighted by atomic mass is 79.9. The highest BCUT2D eigenvalue weighted by Crippen LogP contribution is 2.26. The van der Waals surface area contributed by atoms with Gasteiger partial charge in [0.15, 0.2) is 0 Å². The van der Waals surface area contributed by atoms with E-state index in [0.29, 0.717) is 8.68 Å². The van der Waals surface area contributed by atoms with Crippen molar-refractivity contribution >= 4 is 37.2 Å². The SMILES string of the molecule is N=S(N)(=O)c1sccc1Br. The van der Waals surface area contributed by atoms with Crippen LogP contribution in [0.15, 0.2) is 20.1 Å². The Morgan fingerprint density at radius 3 is 2.60 bits per heavy atom. The van der Waals surface area contributed by atoms with Crippen molar-refractivity contribution in [3.63, 3.8) is 0 Å². The van der Waals surface area contributed by atoms with Crippen molar-refractivity contribution < 1.29 is 4.21 Å². The fraction of sp³-hybridized carbons (Fsp3) is 0. The summed E-state index contributed by atoms with van der Waals surface area (Å²) in [5, 5.41) is 6.81. The molecule has 3 N–H and O–H groups in total. The van der Waals surface area contributed by atoms with E-state index in [0.717, 1.165) is 0 Å². The van der Waals surface area contributed by atoms with Gasteiger partial charge in [0.25, 0.3) is 0 Å². The minimum Gasteiger partial charge on any atom is -0.240 e. The number of hydrogen-bond donors (Lipinski definition) is 2. The summed E-state index contributed by atoms with van der Waals surface area (Å²) in [4.78, 5) is 0. The molecule has 1 unspecified atom stereocenters. The summed E-state index contributed by atoms with van der Waals surface area (Å²) >= 11 is 4.35. The molecule has 0 bridgehead atoms. The van der Waals surface area contributed by atoms with Crippen molar-refractivity contribution in [2.24, 2.45) is 5.14 Å². The first-order valence-electron chi connectivity index (χ1n) is 2.31. The molecule has 0 saturated heterocycles. The van der Waals surface area contributed by atoms with Gasteiger partial charge in [-0.15, -0.1) is 11.3 Å². The van der Waals surface area contributed by atoms with E-state index in [-0.39, 0.29) is 0 Å². The Bertz CT molecular complexity index is 329. The van der Waals surface area contributed by atoms with Gasteiger partial charge < -0.3 is 0 Å². The van der Waals surface area contributed by atoms with Gasteiger partial charge in [0, 0.05) is 4.47 Å². The lowest BCUT2D eigenvalue weighted by Gasteiger charge is -1.94. The summed E-state index contributed by atoms with van der Waals surface area (Å²) in [6.45, 7) is 0. The second kappa shape index (κ2) is 2.61. The average Bonchev–Trinajstić information content (AvgIpc) is 2.11. The van der Waals surface area contributed by atoms with Crippen LogP contribution in [0.5, 0.6) is 0 Å². The van der Waals surface area contributed by atoms with Gasteiger partial charge in [-0.3, -0.25) is 0 Å². The zero-order chi connectivity index (χ0) is 7.78. The molecule has 6 heteroatoms. The molecule has 1 heterocycles. The van der Waals surface area contributed by atoms with Gasteiger partial charge in [0.1, 0.15) is 14.1 Å². The van der Waals surface area contributed by atoms with Crippen molar-refractivity contribution in [1.29, 1.82) is 4.78 Å². The summed E-state index contributed by atoms with van der Waals surface area (Å²) < 4.78 is 19.0. The fourth-order valence-electron chi connectivity index (χ4n) is 0.496. The third-order valence-corrected chi connectivity index (χ3v) is 4.55. The maximum absolute atomic E-state index is 10.9.